The van der Waals surface area contributed by atoms with Gasteiger partial charge in [0, 0.05) is 19.1 Å². The van der Waals surface area contributed by atoms with Gasteiger partial charge < -0.3 is 15.4 Å². The van der Waals surface area contributed by atoms with Crippen LogP contribution < -0.4 is 15.4 Å². The van der Waals surface area contributed by atoms with Gasteiger partial charge in [0.25, 0.3) is 0 Å². The summed E-state index contributed by atoms with van der Waals surface area (Å²) in [6.07, 6.45) is 2.45. The maximum atomic E-state index is 5.32. The van der Waals surface area contributed by atoms with Gasteiger partial charge in [-0.15, -0.1) is 0 Å². The molecule has 2 aromatic rings. The summed E-state index contributed by atoms with van der Waals surface area (Å²) in [6, 6.07) is 11.1. The van der Waals surface area contributed by atoms with Gasteiger partial charge in [0.1, 0.15) is 5.75 Å². The summed E-state index contributed by atoms with van der Waals surface area (Å²) in [5, 5.41) is 11.2. The lowest BCUT2D eigenvalue weighted by atomic mass is 9.85. The molecule has 6 heteroatoms. The highest BCUT2D eigenvalue weighted by Gasteiger charge is 2.30. The first-order valence-electron chi connectivity index (χ1n) is 10.1. The van der Waals surface area contributed by atoms with Crippen molar-refractivity contribution >= 4 is 17.3 Å². The predicted octanol–water partition coefficient (Wildman–Crippen LogP) is 3.89. The molecular formula is C22H32N4OS. The molecule has 2 N–H and O–H groups in total. The number of aliphatic imine (C=N–C) groups is 1. The van der Waals surface area contributed by atoms with E-state index >= 15 is 0 Å². The maximum absolute atomic E-state index is 5.32. The SMILES string of the molecule is CCNC(=NCc1ccsc1)NCC1CCCN(C)C1c1ccc(OC)cc1. The van der Waals surface area contributed by atoms with E-state index in [2.05, 4.69) is 70.6 Å². The van der Waals surface area contributed by atoms with Gasteiger partial charge in [-0.2, -0.15) is 11.3 Å². The molecule has 152 valence electrons. The number of hydrogen-bond donors (Lipinski definition) is 2. The lowest BCUT2D eigenvalue weighted by molar-refractivity contribution is 0.122. The molecule has 0 radical (unpaired) electrons. The van der Waals surface area contributed by atoms with Crippen LogP contribution in [0.2, 0.25) is 0 Å². The fourth-order valence-corrected chi connectivity index (χ4v) is 4.58. The van der Waals surface area contributed by atoms with Gasteiger partial charge >= 0.3 is 0 Å². The van der Waals surface area contributed by atoms with Gasteiger partial charge in [-0.25, -0.2) is 4.99 Å². The molecule has 2 unspecified atom stereocenters. The van der Waals surface area contributed by atoms with Crippen molar-refractivity contribution in [3.8, 4) is 5.75 Å². The molecule has 28 heavy (non-hydrogen) atoms. The molecular weight excluding hydrogens is 368 g/mol. The first-order valence-corrected chi connectivity index (χ1v) is 11.0. The van der Waals surface area contributed by atoms with Crippen LogP contribution in [-0.4, -0.2) is 44.7 Å². The molecule has 0 amide bonds. The van der Waals surface area contributed by atoms with Crippen LogP contribution in [0.4, 0.5) is 0 Å². The lowest BCUT2D eigenvalue weighted by Crippen LogP contribution is -2.45. The van der Waals surface area contributed by atoms with Gasteiger partial charge in [-0.1, -0.05) is 12.1 Å². The van der Waals surface area contributed by atoms with Crippen LogP contribution in [0.15, 0.2) is 46.1 Å². The van der Waals surface area contributed by atoms with Crippen LogP contribution in [-0.2, 0) is 6.54 Å². The summed E-state index contributed by atoms with van der Waals surface area (Å²) in [5.41, 5.74) is 2.62. The van der Waals surface area contributed by atoms with E-state index in [1.54, 1.807) is 18.4 Å². The minimum absolute atomic E-state index is 0.409. The number of nitrogens with zero attached hydrogens (tertiary/aromatic N) is 2. The summed E-state index contributed by atoms with van der Waals surface area (Å²) >= 11 is 1.72. The smallest absolute Gasteiger partial charge is 0.191 e. The van der Waals surface area contributed by atoms with E-state index in [0.717, 1.165) is 31.3 Å². The van der Waals surface area contributed by atoms with E-state index in [4.69, 9.17) is 9.73 Å². The van der Waals surface area contributed by atoms with Crippen molar-refractivity contribution in [1.82, 2.24) is 15.5 Å². The molecule has 5 nitrogen and oxygen atoms in total. The van der Waals surface area contributed by atoms with Gasteiger partial charge in [0.2, 0.25) is 0 Å². The summed E-state index contributed by atoms with van der Waals surface area (Å²) in [7, 11) is 3.95. The zero-order chi connectivity index (χ0) is 19.8. The number of nitrogens with one attached hydrogen (secondary N) is 2. The molecule has 0 saturated carbocycles. The van der Waals surface area contributed by atoms with Crippen molar-refractivity contribution in [3.05, 3.63) is 52.2 Å². The summed E-state index contributed by atoms with van der Waals surface area (Å²) in [6.45, 7) is 5.74. The van der Waals surface area contributed by atoms with Crippen LogP contribution in [0, 0.1) is 5.92 Å². The average Bonchev–Trinajstić information content (AvgIpc) is 3.24. The average molecular weight is 401 g/mol. The van der Waals surface area contributed by atoms with E-state index in [1.165, 1.54) is 24.0 Å². The van der Waals surface area contributed by atoms with Crippen molar-refractivity contribution in [3.63, 3.8) is 0 Å². The summed E-state index contributed by atoms with van der Waals surface area (Å²) in [4.78, 5) is 7.23. The van der Waals surface area contributed by atoms with Gasteiger partial charge in [-0.3, -0.25) is 4.90 Å². The van der Waals surface area contributed by atoms with Crippen LogP contribution in [0.3, 0.4) is 0 Å². The van der Waals surface area contributed by atoms with Crippen LogP contribution in [0.1, 0.15) is 36.9 Å². The lowest BCUT2D eigenvalue weighted by Gasteiger charge is -2.40. The fraction of sp³-hybridized carbons (Fsp3) is 0.500. The Bertz CT molecular complexity index is 730. The largest absolute Gasteiger partial charge is 0.497 e. The highest BCUT2D eigenvalue weighted by Crippen LogP contribution is 2.35. The third-order valence-electron chi connectivity index (χ3n) is 5.34. The van der Waals surface area contributed by atoms with E-state index in [1.807, 2.05) is 0 Å². The van der Waals surface area contributed by atoms with Crippen molar-refractivity contribution in [2.45, 2.75) is 32.4 Å². The molecule has 1 fully saturated rings. The zero-order valence-corrected chi connectivity index (χ0v) is 18.0. The Balaban J connectivity index is 1.67. The standard InChI is InChI=1S/C22H32N4OS/c1-4-23-22(24-14-17-11-13-28-16-17)25-15-19-6-5-12-26(2)21(19)18-7-9-20(27-3)10-8-18/h7-11,13,16,19,21H,4-6,12,14-15H2,1-3H3,(H2,23,24,25). The molecule has 1 aliphatic heterocycles. The Morgan fingerprint density at radius 2 is 2.07 bits per heavy atom. The third-order valence-corrected chi connectivity index (χ3v) is 6.07. The van der Waals surface area contributed by atoms with E-state index in [-0.39, 0.29) is 0 Å². The Morgan fingerprint density at radius 1 is 1.25 bits per heavy atom. The van der Waals surface area contributed by atoms with Gasteiger partial charge in [0.15, 0.2) is 5.96 Å². The van der Waals surface area contributed by atoms with Gasteiger partial charge in [0.05, 0.1) is 13.7 Å². The van der Waals surface area contributed by atoms with E-state index < -0.39 is 0 Å². The molecule has 1 saturated heterocycles. The number of ether oxygens (including phenoxy) is 1. The van der Waals surface area contributed by atoms with E-state index in [0.29, 0.717) is 18.5 Å². The van der Waals surface area contributed by atoms with Crippen LogP contribution in [0.5, 0.6) is 5.75 Å². The molecule has 0 aliphatic carbocycles. The highest BCUT2D eigenvalue weighted by atomic mass is 32.1. The molecule has 1 aromatic carbocycles. The summed E-state index contributed by atoms with van der Waals surface area (Å²) < 4.78 is 5.32. The number of piperidine rings is 1. The quantitative estimate of drug-likeness (QED) is 0.547. The number of thiophene rings is 1. The van der Waals surface area contributed by atoms with Crippen molar-refractivity contribution in [1.29, 1.82) is 0 Å². The van der Waals surface area contributed by atoms with Crippen molar-refractivity contribution in [2.24, 2.45) is 10.9 Å². The maximum Gasteiger partial charge on any atom is 0.191 e. The first-order chi connectivity index (χ1) is 13.7. The minimum atomic E-state index is 0.409. The minimum Gasteiger partial charge on any atom is -0.497 e. The Kier molecular flexibility index (Phi) is 7.74. The second-order valence-electron chi connectivity index (χ2n) is 7.31. The van der Waals surface area contributed by atoms with Crippen LogP contribution >= 0.6 is 11.3 Å². The fourth-order valence-electron chi connectivity index (χ4n) is 3.92. The molecule has 2 heterocycles. The Hall–Kier alpha value is -2.05. The molecule has 2 atom stereocenters. The van der Waals surface area contributed by atoms with Crippen molar-refractivity contribution < 1.29 is 4.74 Å². The zero-order valence-electron chi connectivity index (χ0n) is 17.1. The van der Waals surface area contributed by atoms with Crippen LogP contribution in [0.25, 0.3) is 0 Å². The topological polar surface area (TPSA) is 48.9 Å². The second-order valence-corrected chi connectivity index (χ2v) is 8.09. The van der Waals surface area contributed by atoms with Crippen molar-refractivity contribution in [2.75, 3.05) is 33.8 Å². The number of likely N-dealkylation sites (tertiary alicyclic amines) is 1. The summed E-state index contributed by atoms with van der Waals surface area (Å²) in [5.74, 6) is 2.35. The first kappa shape index (κ1) is 20.7. The van der Waals surface area contributed by atoms with Gasteiger partial charge in [-0.05, 0) is 79.4 Å². The number of guanidine groups is 1. The number of rotatable bonds is 7. The number of hydrogen-bond acceptors (Lipinski definition) is 4. The molecule has 1 aliphatic rings. The third kappa shape index (κ3) is 5.49. The Morgan fingerprint density at radius 3 is 2.75 bits per heavy atom. The molecule has 0 bridgehead atoms. The Labute approximate surface area is 172 Å². The second kappa shape index (κ2) is 10.5. The molecule has 3 rings (SSSR count). The molecule has 0 spiro atoms. The highest BCUT2D eigenvalue weighted by molar-refractivity contribution is 7.07. The number of methoxy groups -OCH3 is 1. The van der Waals surface area contributed by atoms with E-state index in [9.17, 15) is 0 Å². The monoisotopic (exact) mass is 400 g/mol. The molecule has 1 aromatic heterocycles. The predicted molar refractivity (Wildman–Crippen MR) is 118 cm³/mol. The normalized spacial score (nSPS) is 20.8. The number of benzene rings is 1.